The first-order valence-corrected chi connectivity index (χ1v) is 12.6. The van der Waals surface area contributed by atoms with Crippen molar-refractivity contribution in [1.29, 1.82) is 0 Å². The summed E-state index contributed by atoms with van der Waals surface area (Å²) in [5, 5.41) is 18.4. The van der Waals surface area contributed by atoms with E-state index in [1.807, 2.05) is 0 Å². The van der Waals surface area contributed by atoms with Crippen LogP contribution in [0.3, 0.4) is 0 Å². The van der Waals surface area contributed by atoms with Gasteiger partial charge in [-0.3, -0.25) is 0 Å². The van der Waals surface area contributed by atoms with Crippen molar-refractivity contribution >= 4 is 0 Å². The number of aliphatic hydroxyl groups is 1. The third kappa shape index (κ3) is 2.16. The molecule has 0 aromatic carbocycles. The Hall–Kier alpha value is -0.120. The van der Waals surface area contributed by atoms with Crippen molar-refractivity contribution in [2.45, 2.75) is 104 Å². The highest BCUT2D eigenvalue weighted by Gasteiger charge is 2.82. The van der Waals surface area contributed by atoms with Crippen LogP contribution in [-0.4, -0.2) is 37.4 Å². The summed E-state index contributed by atoms with van der Waals surface area (Å²) in [5.41, 5.74) is 2.14. The summed E-state index contributed by atoms with van der Waals surface area (Å²) in [5.74, 6) is 2.08. The van der Waals surface area contributed by atoms with Crippen molar-refractivity contribution in [1.82, 2.24) is 10.6 Å². The standard InChI is InChI=1S/C26H46N2O/c1-16(27-6)21-17(29)14-24(5)19-9-8-18-22(2,3)20(28-7)10-11-25(18)15-26(19,25)13-12-23(21,24)4/h16-21,27-29H,8-15H2,1-7H3/t16-,17+,18-,19-,20?,21-,23+,24-,25+,26-/m1/s1. The molecule has 1 unspecified atom stereocenters. The fourth-order valence-corrected chi connectivity index (χ4v) is 11.1. The van der Waals surface area contributed by atoms with Crippen LogP contribution in [0.25, 0.3) is 0 Å². The summed E-state index contributed by atoms with van der Waals surface area (Å²) in [4.78, 5) is 0. The van der Waals surface area contributed by atoms with E-state index < -0.39 is 0 Å². The van der Waals surface area contributed by atoms with Gasteiger partial charge in [-0.05, 0) is 111 Å². The maximum atomic E-state index is 11.3. The van der Waals surface area contributed by atoms with E-state index in [0.717, 1.165) is 18.3 Å². The fourth-order valence-electron chi connectivity index (χ4n) is 11.1. The maximum Gasteiger partial charge on any atom is 0.0594 e. The summed E-state index contributed by atoms with van der Waals surface area (Å²) >= 11 is 0. The molecule has 5 rings (SSSR count). The lowest BCUT2D eigenvalue weighted by molar-refractivity contribution is -0.144. The quantitative estimate of drug-likeness (QED) is 0.647. The molecule has 2 spiro atoms. The number of fused-ring (bicyclic) bond motifs is 2. The Morgan fingerprint density at radius 2 is 1.52 bits per heavy atom. The van der Waals surface area contributed by atoms with E-state index in [2.05, 4.69) is 59.3 Å². The van der Waals surface area contributed by atoms with E-state index in [9.17, 15) is 5.11 Å². The van der Waals surface area contributed by atoms with Gasteiger partial charge < -0.3 is 15.7 Å². The second kappa shape index (κ2) is 6.01. The molecule has 166 valence electrons. The van der Waals surface area contributed by atoms with Crippen LogP contribution in [0.2, 0.25) is 0 Å². The lowest BCUT2D eigenvalue weighted by Crippen LogP contribution is -2.59. The SMILES string of the molecule is CNC1CC[C@@]23C[C@@]24CC[C@@]2(C)[C@H]([C@@H](C)NC)[C@@H](O)C[C@]2(C)[C@H]4CC[C@@H]3C1(C)C. The molecule has 0 aliphatic heterocycles. The van der Waals surface area contributed by atoms with E-state index in [1.54, 1.807) is 0 Å². The average Bonchev–Trinajstić information content (AvgIpc) is 3.26. The van der Waals surface area contributed by atoms with Gasteiger partial charge in [0.2, 0.25) is 0 Å². The second-order valence-electron chi connectivity index (χ2n) is 13.1. The smallest absolute Gasteiger partial charge is 0.0594 e. The highest BCUT2D eigenvalue weighted by Crippen LogP contribution is 2.88. The van der Waals surface area contributed by atoms with Crippen LogP contribution in [0.5, 0.6) is 0 Å². The molecule has 3 heteroatoms. The zero-order chi connectivity index (χ0) is 21.0. The monoisotopic (exact) mass is 402 g/mol. The molecular weight excluding hydrogens is 356 g/mol. The molecular formula is C26H46N2O. The summed E-state index contributed by atoms with van der Waals surface area (Å²) in [6.45, 7) is 12.6. The van der Waals surface area contributed by atoms with E-state index in [4.69, 9.17) is 0 Å². The van der Waals surface area contributed by atoms with Crippen LogP contribution >= 0.6 is 0 Å². The van der Waals surface area contributed by atoms with Gasteiger partial charge in [-0.15, -0.1) is 0 Å². The molecule has 0 radical (unpaired) electrons. The summed E-state index contributed by atoms with van der Waals surface area (Å²) in [6.07, 6.45) is 10.7. The lowest BCUT2D eigenvalue weighted by Gasteiger charge is -2.63. The van der Waals surface area contributed by atoms with Gasteiger partial charge in [0.15, 0.2) is 0 Å². The Morgan fingerprint density at radius 1 is 0.862 bits per heavy atom. The van der Waals surface area contributed by atoms with Gasteiger partial charge in [-0.2, -0.15) is 0 Å². The summed E-state index contributed by atoms with van der Waals surface area (Å²) in [7, 11) is 4.25. The van der Waals surface area contributed by atoms with Crippen molar-refractivity contribution in [2.24, 2.45) is 44.8 Å². The van der Waals surface area contributed by atoms with E-state index >= 15 is 0 Å². The van der Waals surface area contributed by atoms with Gasteiger partial charge in [0.25, 0.3) is 0 Å². The van der Waals surface area contributed by atoms with Crippen LogP contribution in [0.15, 0.2) is 0 Å². The van der Waals surface area contributed by atoms with Crippen LogP contribution in [0, 0.1) is 44.8 Å². The minimum atomic E-state index is -0.147. The molecule has 3 N–H and O–H groups in total. The van der Waals surface area contributed by atoms with Gasteiger partial charge in [-0.25, -0.2) is 0 Å². The van der Waals surface area contributed by atoms with Crippen molar-refractivity contribution in [3.05, 3.63) is 0 Å². The normalized spacial score (nSPS) is 58.6. The van der Waals surface area contributed by atoms with Crippen LogP contribution < -0.4 is 10.6 Å². The topological polar surface area (TPSA) is 44.3 Å². The first kappa shape index (κ1) is 20.8. The highest BCUT2D eigenvalue weighted by molar-refractivity contribution is 5.31. The molecule has 3 nitrogen and oxygen atoms in total. The molecule has 0 heterocycles. The van der Waals surface area contributed by atoms with Crippen LogP contribution in [0.1, 0.15) is 86.0 Å². The molecule has 0 amide bonds. The molecule has 10 atom stereocenters. The van der Waals surface area contributed by atoms with Crippen molar-refractivity contribution in [3.63, 3.8) is 0 Å². The molecule has 0 bridgehead atoms. The molecule has 0 aromatic heterocycles. The summed E-state index contributed by atoms with van der Waals surface area (Å²) < 4.78 is 0. The number of hydrogen-bond acceptors (Lipinski definition) is 3. The van der Waals surface area contributed by atoms with Crippen LogP contribution in [0.4, 0.5) is 0 Å². The first-order chi connectivity index (χ1) is 13.5. The Labute approximate surface area is 179 Å². The number of rotatable bonds is 3. The number of hydrogen-bond donors (Lipinski definition) is 3. The third-order valence-electron chi connectivity index (χ3n) is 12.5. The van der Waals surface area contributed by atoms with E-state index in [-0.39, 0.29) is 11.5 Å². The molecule has 0 saturated heterocycles. The number of nitrogens with one attached hydrogen (secondary N) is 2. The zero-order valence-electron chi connectivity index (χ0n) is 20.1. The van der Waals surface area contributed by atoms with Crippen LogP contribution in [-0.2, 0) is 0 Å². The van der Waals surface area contributed by atoms with Crippen molar-refractivity contribution < 1.29 is 5.11 Å². The molecule has 5 aliphatic rings. The maximum absolute atomic E-state index is 11.3. The predicted molar refractivity (Wildman–Crippen MR) is 120 cm³/mol. The van der Waals surface area contributed by atoms with Gasteiger partial charge in [0.05, 0.1) is 6.10 Å². The van der Waals surface area contributed by atoms with E-state index in [0.29, 0.717) is 39.7 Å². The predicted octanol–water partition coefficient (Wildman–Crippen LogP) is 4.59. The highest BCUT2D eigenvalue weighted by atomic mass is 16.3. The fraction of sp³-hybridized carbons (Fsp3) is 1.00. The summed E-state index contributed by atoms with van der Waals surface area (Å²) in [6, 6.07) is 1.06. The molecule has 5 saturated carbocycles. The first-order valence-electron chi connectivity index (χ1n) is 12.6. The Balaban J connectivity index is 1.52. The number of aliphatic hydroxyl groups excluding tert-OH is 1. The van der Waals surface area contributed by atoms with Crippen molar-refractivity contribution in [3.8, 4) is 0 Å². The largest absolute Gasteiger partial charge is 0.393 e. The minimum Gasteiger partial charge on any atom is -0.393 e. The Morgan fingerprint density at radius 3 is 2.17 bits per heavy atom. The van der Waals surface area contributed by atoms with E-state index in [1.165, 1.54) is 44.9 Å². The van der Waals surface area contributed by atoms with Gasteiger partial charge in [0.1, 0.15) is 0 Å². The van der Waals surface area contributed by atoms with Crippen molar-refractivity contribution in [2.75, 3.05) is 14.1 Å². The lowest BCUT2D eigenvalue weighted by atomic mass is 9.42. The average molecular weight is 403 g/mol. The Bertz CT molecular complexity index is 692. The second-order valence-corrected chi connectivity index (χ2v) is 13.1. The third-order valence-corrected chi connectivity index (χ3v) is 12.5. The van der Waals surface area contributed by atoms with Gasteiger partial charge in [-0.1, -0.05) is 27.7 Å². The molecule has 29 heavy (non-hydrogen) atoms. The zero-order valence-corrected chi connectivity index (χ0v) is 20.1. The van der Waals surface area contributed by atoms with Gasteiger partial charge in [0, 0.05) is 18.0 Å². The minimum absolute atomic E-state index is 0.147. The van der Waals surface area contributed by atoms with Gasteiger partial charge >= 0.3 is 0 Å². The molecule has 0 aromatic rings. The molecule has 5 fully saturated rings. The molecule has 5 aliphatic carbocycles. The Kier molecular flexibility index (Phi) is 4.31.